The third kappa shape index (κ3) is 2.45. The van der Waals surface area contributed by atoms with Crippen LogP contribution in [0.3, 0.4) is 0 Å². The van der Waals surface area contributed by atoms with Gasteiger partial charge in [-0.25, -0.2) is 9.59 Å². The minimum absolute atomic E-state index is 0.0629. The van der Waals surface area contributed by atoms with Gasteiger partial charge in [-0.1, -0.05) is 12.1 Å². The number of aromatic carboxylic acids is 1. The second-order valence-corrected chi connectivity index (χ2v) is 6.82. The van der Waals surface area contributed by atoms with E-state index < -0.39 is 30.6 Å². The molecule has 3 aliphatic heterocycles. The lowest BCUT2D eigenvalue weighted by Crippen LogP contribution is -2.58. The molecule has 3 heterocycles. The van der Waals surface area contributed by atoms with Crippen molar-refractivity contribution in [1.29, 1.82) is 0 Å². The number of imide groups is 1. The van der Waals surface area contributed by atoms with Crippen LogP contribution in [0.2, 0.25) is 0 Å². The number of carboxylic acids is 1. The summed E-state index contributed by atoms with van der Waals surface area (Å²) in [5.74, 6) is -2.37. The lowest BCUT2D eigenvalue weighted by molar-refractivity contribution is -0.133. The molecule has 4 N–H and O–H groups in total. The van der Waals surface area contributed by atoms with E-state index in [4.69, 9.17) is 4.65 Å². The number of carbonyl (C=O) groups is 3. The molecule has 3 aliphatic rings. The summed E-state index contributed by atoms with van der Waals surface area (Å²) in [6.07, 6.45) is 1.10. The summed E-state index contributed by atoms with van der Waals surface area (Å²) in [6.45, 7) is 1.24. The summed E-state index contributed by atoms with van der Waals surface area (Å²) >= 11 is 0. The maximum atomic E-state index is 13.0. The molecule has 2 saturated heterocycles. The lowest BCUT2D eigenvalue weighted by atomic mass is 9.71. The Balaban J connectivity index is 1.65. The molecule has 1 atom stereocenters. The number of urea groups is 1. The van der Waals surface area contributed by atoms with Crippen LogP contribution < -0.4 is 15.3 Å². The zero-order valence-corrected chi connectivity index (χ0v) is 13.9. The Hall–Kier alpha value is -2.59. The molecule has 0 radical (unpaired) electrons. The Morgan fingerprint density at radius 1 is 1.31 bits per heavy atom. The van der Waals surface area contributed by atoms with Crippen LogP contribution in [-0.2, 0) is 11.2 Å². The van der Waals surface area contributed by atoms with Crippen LogP contribution in [0, 0.1) is 0 Å². The molecule has 1 aromatic carbocycles. The molecule has 26 heavy (non-hydrogen) atoms. The maximum Gasteiger partial charge on any atom is 0.547 e. The van der Waals surface area contributed by atoms with Crippen LogP contribution in [0.5, 0.6) is 5.75 Å². The molecule has 0 bridgehead atoms. The Labute approximate surface area is 149 Å². The summed E-state index contributed by atoms with van der Waals surface area (Å²) in [6, 6.07) is 4.06. The van der Waals surface area contributed by atoms with Crippen molar-refractivity contribution in [3.05, 3.63) is 29.3 Å². The average Bonchev–Trinajstić information content (AvgIpc) is 2.84. The van der Waals surface area contributed by atoms with Gasteiger partial charge in [-0.3, -0.25) is 9.69 Å². The molecule has 4 rings (SSSR count). The van der Waals surface area contributed by atoms with Crippen molar-refractivity contribution in [2.45, 2.75) is 30.7 Å². The van der Waals surface area contributed by atoms with E-state index in [2.05, 4.69) is 10.6 Å². The number of carboxylic acid groups (broad SMARTS) is 1. The van der Waals surface area contributed by atoms with E-state index in [-0.39, 0.29) is 23.6 Å². The summed E-state index contributed by atoms with van der Waals surface area (Å²) in [5, 5.41) is 25.6. The highest BCUT2D eigenvalue weighted by Gasteiger charge is 2.56. The van der Waals surface area contributed by atoms with Crippen LogP contribution in [0.4, 0.5) is 4.79 Å². The normalized spacial score (nSPS) is 24.3. The molecule has 3 amide bonds. The quantitative estimate of drug-likeness (QED) is 0.409. The molecule has 0 unspecified atom stereocenters. The van der Waals surface area contributed by atoms with Gasteiger partial charge in [-0.2, -0.15) is 0 Å². The summed E-state index contributed by atoms with van der Waals surface area (Å²) in [5.41, 5.74) is -0.468. The van der Waals surface area contributed by atoms with Crippen molar-refractivity contribution in [2.24, 2.45) is 0 Å². The number of benzene rings is 1. The molecule has 9 nitrogen and oxygen atoms in total. The fourth-order valence-electron chi connectivity index (χ4n) is 3.93. The number of para-hydroxylation sites is 1. The molecule has 2 fully saturated rings. The van der Waals surface area contributed by atoms with Crippen LogP contribution in [0.1, 0.15) is 28.8 Å². The first-order valence-electron chi connectivity index (χ1n) is 8.49. The summed E-state index contributed by atoms with van der Waals surface area (Å²) in [4.78, 5) is 37.8. The number of hydrogen-bond acceptors (Lipinski definition) is 6. The van der Waals surface area contributed by atoms with Gasteiger partial charge >= 0.3 is 19.1 Å². The molecule has 0 aromatic heterocycles. The van der Waals surface area contributed by atoms with Gasteiger partial charge in [0.25, 0.3) is 5.91 Å². The van der Waals surface area contributed by atoms with Crippen molar-refractivity contribution in [2.75, 3.05) is 13.1 Å². The number of nitrogens with one attached hydrogen (secondary N) is 2. The van der Waals surface area contributed by atoms with E-state index in [1.54, 1.807) is 12.1 Å². The molecule has 0 aliphatic carbocycles. The monoisotopic (exact) mass is 359 g/mol. The maximum absolute atomic E-state index is 13.0. The van der Waals surface area contributed by atoms with Crippen LogP contribution in [0.25, 0.3) is 0 Å². The largest absolute Gasteiger partial charge is 0.547 e. The first kappa shape index (κ1) is 16.9. The number of amides is 3. The second-order valence-electron chi connectivity index (χ2n) is 6.82. The van der Waals surface area contributed by atoms with Crippen molar-refractivity contribution in [3.8, 4) is 5.75 Å². The SMILES string of the molecule is O=C(O)c1cccc2c1OB(O)[C@@H](N1C(=O)NC3(CCNCC3)C1=O)C2. The smallest absolute Gasteiger partial charge is 0.534 e. The highest BCUT2D eigenvalue weighted by Crippen LogP contribution is 2.35. The van der Waals surface area contributed by atoms with Gasteiger partial charge in [-0.05, 0) is 44.0 Å². The topological polar surface area (TPSA) is 128 Å². The number of fused-ring (bicyclic) bond motifs is 1. The van der Waals surface area contributed by atoms with E-state index in [0.717, 1.165) is 4.90 Å². The minimum atomic E-state index is -1.49. The fraction of sp³-hybridized carbons (Fsp3) is 0.438. The first-order chi connectivity index (χ1) is 12.4. The van der Waals surface area contributed by atoms with Gasteiger partial charge in [0.2, 0.25) is 0 Å². The first-order valence-corrected chi connectivity index (χ1v) is 8.49. The Kier molecular flexibility index (Phi) is 3.89. The van der Waals surface area contributed by atoms with Crippen molar-refractivity contribution in [1.82, 2.24) is 15.5 Å². The van der Waals surface area contributed by atoms with Gasteiger partial charge in [0.15, 0.2) is 0 Å². The van der Waals surface area contributed by atoms with Gasteiger partial charge in [0, 0.05) is 0 Å². The minimum Gasteiger partial charge on any atom is -0.534 e. The molecular formula is C16H18BN3O6. The Bertz CT molecular complexity index is 794. The van der Waals surface area contributed by atoms with Crippen molar-refractivity contribution < 1.29 is 29.2 Å². The zero-order valence-electron chi connectivity index (χ0n) is 13.9. The highest BCUT2D eigenvalue weighted by molar-refractivity contribution is 6.47. The second kappa shape index (κ2) is 5.99. The van der Waals surface area contributed by atoms with E-state index in [1.807, 2.05) is 0 Å². The van der Waals surface area contributed by atoms with Gasteiger partial charge in [-0.15, -0.1) is 0 Å². The van der Waals surface area contributed by atoms with E-state index in [9.17, 15) is 24.5 Å². The number of hydrogen-bond donors (Lipinski definition) is 4. The third-order valence-electron chi connectivity index (χ3n) is 5.31. The number of piperidine rings is 1. The molecule has 136 valence electrons. The van der Waals surface area contributed by atoms with Crippen molar-refractivity contribution in [3.63, 3.8) is 0 Å². The van der Waals surface area contributed by atoms with E-state index in [1.165, 1.54) is 6.07 Å². The molecular weight excluding hydrogens is 341 g/mol. The van der Waals surface area contributed by atoms with Gasteiger partial charge < -0.3 is 25.4 Å². The molecule has 1 spiro atoms. The Morgan fingerprint density at radius 2 is 2.04 bits per heavy atom. The number of carbonyl (C=O) groups excluding carboxylic acids is 2. The zero-order chi connectivity index (χ0) is 18.5. The number of rotatable bonds is 2. The molecule has 1 aromatic rings. The standard InChI is InChI=1S/C16H18BN3O6/c21-13(22)10-3-1-2-9-8-11(17(25)26-12(9)10)20-14(23)16(19-15(20)24)4-6-18-7-5-16/h1-3,11,18,25H,4-8H2,(H,19,24)(H,21,22)/t11-/m0/s1. The van der Waals surface area contributed by atoms with E-state index in [0.29, 0.717) is 31.5 Å². The average molecular weight is 359 g/mol. The lowest BCUT2D eigenvalue weighted by Gasteiger charge is -2.34. The number of nitrogens with zero attached hydrogens (tertiary/aromatic N) is 1. The van der Waals surface area contributed by atoms with Crippen LogP contribution in [-0.4, -0.2) is 64.6 Å². The third-order valence-corrected chi connectivity index (χ3v) is 5.31. The summed E-state index contributed by atoms with van der Waals surface area (Å²) in [7, 11) is -1.49. The highest BCUT2D eigenvalue weighted by atomic mass is 16.5. The summed E-state index contributed by atoms with van der Waals surface area (Å²) < 4.78 is 5.41. The van der Waals surface area contributed by atoms with E-state index >= 15 is 0 Å². The van der Waals surface area contributed by atoms with Gasteiger partial charge in [0.1, 0.15) is 11.3 Å². The van der Waals surface area contributed by atoms with Crippen LogP contribution in [0.15, 0.2) is 18.2 Å². The fourth-order valence-corrected chi connectivity index (χ4v) is 3.93. The van der Waals surface area contributed by atoms with Crippen molar-refractivity contribution >= 4 is 25.0 Å². The Morgan fingerprint density at radius 3 is 2.73 bits per heavy atom. The van der Waals surface area contributed by atoms with Gasteiger partial charge in [0.05, 0.1) is 11.5 Å². The predicted molar refractivity (Wildman–Crippen MR) is 89.7 cm³/mol. The molecule has 0 saturated carbocycles. The van der Waals surface area contributed by atoms with Crippen LogP contribution >= 0.6 is 0 Å². The molecule has 10 heteroatoms. The predicted octanol–water partition coefficient (Wildman–Crippen LogP) is -0.618.